The van der Waals surface area contributed by atoms with Crippen molar-refractivity contribution in [1.29, 1.82) is 0 Å². The van der Waals surface area contributed by atoms with E-state index in [1.165, 1.54) is 5.56 Å². The maximum absolute atomic E-state index is 12.9. The first-order chi connectivity index (χ1) is 13.7. The fraction of sp³-hybridized carbons (Fsp3) is 0.348. The third-order valence-electron chi connectivity index (χ3n) is 6.41. The van der Waals surface area contributed by atoms with Gasteiger partial charge in [-0.05, 0) is 43.0 Å². The van der Waals surface area contributed by atoms with E-state index < -0.39 is 0 Å². The van der Waals surface area contributed by atoms with Crippen molar-refractivity contribution in [2.75, 3.05) is 13.1 Å². The van der Waals surface area contributed by atoms with Crippen molar-refractivity contribution in [2.45, 2.75) is 38.1 Å². The molecule has 0 radical (unpaired) electrons. The van der Waals surface area contributed by atoms with Gasteiger partial charge in [-0.15, -0.1) is 0 Å². The molecule has 28 heavy (non-hydrogen) atoms. The van der Waals surface area contributed by atoms with Gasteiger partial charge >= 0.3 is 0 Å². The van der Waals surface area contributed by atoms with Gasteiger partial charge in [0.1, 0.15) is 5.82 Å². The lowest BCUT2D eigenvalue weighted by atomic mass is 9.85. The van der Waals surface area contributed by atoms with Crippen molar-refractivity contribution in [1.82, 2.24) is 19.4 Å². The van der Waals surface area contributed by atoms with Gasteiger partial charge in [-0.25, -0.2) is 4.98 Å². The van der Waals surface area contributed by atoms with Crippen LogP contribution in [0, 0.1) is 6.92 Å². The third-order valence-corrected chi connectivity index (χ3v) is 6.41. The van der Waals surface area contributed by atoms with Crippen LogP contribution in [-0.4, -0.2) is 38.4 Å². The molecule has 2 aromatic heterocycles. The normalized spacial score (nSPS) is 20.7. The smallest absolute Gasteiger partial charge is 0.227 e. The number of aryl methyl sites for hydroxylation is 1. The Balaban J connectivity index is 1.36. The molecule has 5 heteroatoms. The van der Waals surface area contributed by atoms with Crippen LogP contribution in [0.1, 0.15) is 29.8 Å². The zero-order valence-corrected chi connectivity index (χ0v) is 16.1. The van der Waals surface area contributed by atoms with E-state index in [4.69, 9.17) is 4.98 Å². The van der Waals surface area contributed by atoms with Crippen molar-refractivity contribution in [3.05, 3.63) is 71.9 Å². The van der Waals surface area contributed by atoms with Crippen LogP contribution in [-0.2, 0) is 23.2 Å². The molecule has 1 atom stereocenters. The molecule has 1 fully saturated rings. The number of hydrogen-bond donors (Lipinski definition) is 0. The van der Waals surface area contributed by atoms with E-state index in [1.807, 2.05) is 35.5 Å². The highest BCUT2D eigenvalue weighted by Gasteiger charge is 2.47. The second-order valence-electron chi connectivity index (χ2n) is 8.06. The first-order valence-electron chi connectivity index (χ1n) is 9.95. The number of hydrogen-bond acceptors (Lipinski definition) is 3. The van der Waals surface area contributed by atoms with E-state index >= 15 is 0 Å². The quantitative estimate of drug-likeness (QED) is 0.708. The topological polar surface area (TPSA) is 51.0 Å². The molecule has 1 aromatic carbocycles. The molecule has 1 saturated heterocycles. The molecule has 1 spiro atoms. The van der Waals surface area contributed by atoms with Crippen molar-refractivity contribution in [2.24, 2.45) is 0 Å². The summed E-state index contributed by atoms with van der Waals surface area (Å²) in [6.07, 6.45) is 8.18. The van der Waals surface area contributed by atoms with E-state index in [0.717, 1.165) is 55.1 Å². The summed E-state index contributed by atoms with van der Waals surface area (Å²) in [5.74, 6) is 1.36. The van der Waals surface area contributed by atoms with E-state index in [1.54, 1.807) is 6.20 Å². The maximum Gasteiger partial charge on any atom is 0.227 e. The minimum atomic E-state index is 0.00184. The molecule has 142 valence electrons. The maximum atomic E-state index is 12.9. The predicted octanol–water partition coefficient (Wildman–Crippen LogP) is 3.37. The first kappa shape index (κ1) is 17.2. The largest absolute Gasteiger partial charge is 0.341 e. The van der Waals surface area contributed by atoms with Crippen LogP contribution < -0.4 is 0 Å². The zero-order valence-electron chi connectivity index (χ0n) is 16.1. The minimum absolute atomic E-state index is 0.00184. The summed E-state index contributed by atoms with van der Waals surface area (Å²) in [4.78, 5) is 24.0. The molecule has 1 amide bonds. The lowest BCUT2D eigenvalue weighted by Gasteiger charge is -2.23. The Morgan fingerprint density at radius 1 is 1.11 bits per heavy atom. The summed E-state index contributed by atoms with van der Waals surface area (Å²) in [6, 6.07) is 12.2. The molecule has 5 rings (SSSR count). The van der Waals surface area contributed by atoms with Crippen molar-refractivity contribution >= 4 is 5.91 Å². The van der Waals surface area contributed by atoms with Crippen molar-refractivity contribution in [3.63, 3.8) is 0 Å². The lowest BCUT2D eigenvalue weighted by Crippen LogP contribution is -2.34. The van der Waals surface area contributed by atoms with Gasteiger partial charge in [0.25, 0.3) is 0 Å². The molecule has 0 saturated carbocycles. The van der Waals surface area contributed by atoms with E-state index in [9.17, 15) is 4.79 Å². The fourth-order valence-electron chi connectivity index (χ4n) is 4.76. The Morgan fingerprint density at radius 3 is 2.79 bits per heavy atom. The Labute approximate surface area is 165 Å². The third kappa shape index (κ3) is 2.73. The van der Waals surface area contributed by atoms with Crippen molar-refractivity contribution in [3.8, 4) is 11.3 Å². The second kappa shape index (κ2) is 6.59. The van der Waals surface area contributed by atoms with Gasteiger partial charge in [0.15, 0.2) is 0 Å². The number of amides is 1. The monoisotopic (exact) mass is 372 g/mol. The number of imidazole rings is 1. The minimum Gasteiger partial charge on any atom is -0.341 e. The van der Waals surface area contributed by atoms with Gasteiger partial charge in [-0.1, -0.05) is 24.3 Å². The SMILES string of the molecule is Cc1ccccc1CC(=O)N1CCC2(CCn3c(-c4cccnc4)cnc32)C1. The molecule has 2 aliphatic rings. The Kier molecular flexibility index (Phi) is 4.04. The van der Waals surface area contributed by atoms with Crippen LogP contribution in [0.2, 0.25) is 0 Å². The van der Waals surface area contributed by atoms with E-state index in [0.29, 0.717) is 6.42 Å². The summed E-state index contributed by atoms with van der Waals surface area (Å²) < 4.78 is 2.33. The summed E-state index contributed by atoms with van der Waals surface area (Å²) >= 11 is 0. The number of carbonyl (C=O) groups excluding carboxylic acids is 1. The molecule has 0 N–H and O–H groups in total. The highest BCUT2D eigenvalue weighted by molar-refractivity contribution is 5.79. The molecule has 0 aliphatic carbocycles. The van der Waals surface area contributed by atoms with Gasteiger partial charge in [0.2, 0.25) is 5.91 Å². The molecule has 3 aromatic rings. The van der Waals surface area contributed by atoms with Crippen LogP contribution in [0.5, 0.6) is 0 Å². The number of rotatable bonds is 3. The zero-order chi connectivity index (χ0) is 19.1. The molecular weight excluding hydrogens is 348 g/mol. The van der Waals surface area contributed by atoms with Gasteiger partial charge in [0, 0.05) is 43.0 Å². The molecule has 2 aliphatic heterocycles. The highest BCUT2D eigenvalue weighted by atomic mass is 16.2. The molecule has 4 heterocycles. The molecule has 0 bridgehead atoms. The predicted molar refractivity (Wildman–Crippen MR) is 108 cm³/mol. The lowest BCUT2D eigenvalue weighted by molar-refractivity contribution is -0.129. The Hall–Kier alpha value is -2.95. The van der Waals surface area contributed by atoms with Gasteiger partial charge < -0.3 is 9.47 Å². The summed E-state index contributed by atoms with van der Waals surface area (Å²) in [5.41, 5.74) is 4.54. The van der Waals surface area contributed by atoms with E-state index in [-0.39, 0.29) is 11.3 Å². The van der Waals surface area contributed by atoms with Gasteiger partial charge in [0.05, 0.1) is 18.3 Å². The second-order valence-corrected chi connectivity index (χ2v) is 8.06. The number of nitrogens with zero attached hydrogens (tertiary/aromatic N) is 4. The highest BCUT2D eigenvalue weighted by Crippen LogP contribution is 2.43. The van der Waals surface area contributed by atoms with Crippen LogP contribution in [0.4, 0.5) is 0 Å². The van der Waals surface area contributed by atoms with Crippen molar-refractivity contribution < 1.29 is 4.79 Å². The number of likely N-dealkylation sites (tertiary alicyclic amines) is 1. The fourth-order valence-corrected chi connectivity index (χ4v) is 4.76. The average Bonchev–Trinajstić information content (AvgIpc) is 3.42. The average molecular weight is 372 g/mol. The van der Waals surface area contributed by atoms with E-state index in [2.05, 4.69) is 34.7 Å². The van der Waals surface area contributed by atoms with Crippen LogP contribution in [0.25, 0.3) is 11.3 Å². The van der Waals surface area contributed by atoms with Crippen LogP contribution in [0.15, 0.2) is 55.0 Å². The standard InChI is InChI=1S/C23H24N4O/c1-17-5-2-3-6-18(17)13-21(28)26-11-8-23(16-26)9-12-27-20(15-25-22(23)27)19-7-4-10-24-14-19/h2-7,10,14-15H,8-9,11-13,16H2,1H3. The summed E-state index contributed by atoms with van der Waals surface area (Å²) in [6.45, 7) is 4.63. The number of aromatic nitrogens is 3. The first-order valence-corrected chi connectivity index (χ1v) is 9.95. The number of pyridine rings is 1. The number of carbonyl (C=O) groups is 1. The molecular formula is C23H24N4O. The molecule has 1 unspecified atom stereocenters. The van der Waals surface area contributed by atoms with Gasteiger partial charge in [-0.2, -0.15) is 0 Å². The Bertz CT molecular complexity index is 1030. The number of fused-ring (bicyclic) bond motifs is 2. The molecule has 5 nitrogen and oxygen atoms in total. The number of benzene rings is 1. The van der Waals surface area contributed by atoms with Gasteiger partial charge in [-0.3, -0.25) is 9.78 Å². The Morgan fingerprint density at radius 2 is 1.96 bits per heavy atom. The van der Waals surface area contributed by atoms with Crippen LogP contribution in [0.3, 0.4) is 0 Å². The summed E-state index contributed by atoms with van der Waals surface area (Å²) in [7, 11) is 0. The van der Waals surface area contributed by atoms with Crippen LogP contribution >= 0.6 is 0 Å². The summed E-state index contributed by atoms with van der Waals surface area (Å²) in [5, 5.41) is 0.